The number of amides is 1. The van der Waals surface area contributed by atoms with E-state index < -0.39 is 22.9 Å². The third-order valence-electron chi connectivity index (χ3n) is 5.35. The molecule has 0 N–H and O–H groups in total. The molecule has 0 bridgehead atoms. The molecule has 0 unspecified atom stereocenters. The average molecular weight is 456 g/mol. The molecule has 0 saturated carbocycles. The Kier molecular flexibility index (Phi) is 5.48. The lowest BCUT2D eigenvalue weighted by Gasteiger charge is -2.35. The predicted molar refractivity (Wildman–Crippen MR) is 119 cm³/mol. The van der Waals surface area contributed by atoms with Crippen LogP contribution >= 0.6 is 15.9 Å². The molecule has 0 fully saturated rings. The summed E-state index contributed by atoms with van der Waals surface area (Å²) in [6.07, 6.45) is 0. The summed E-state index contributed by atoms with van der Waals surface area (Å²) in [6.45, 7) is 11.4. The van der Waals surface area contributed by atoms with E-state index in [1.165, 1.54) is 0 Å². The SMILES string of the molecule is C=C(C(=O)OC(C)(C)C)[C@H](c1ccccc1)[C@@]1(C)C(=O)N(C)c2ccc(Br)cc21. The van der Waals surface area contributed by atoms with Crippen LogP contribution in [0, 0.1) is 0 Å². The molecule has 2 atom stereocenters. The van der Waals surface area contributed by atoms with E-state index in [0.29, 0.717) is 0 Å². The van der Waals surface area contributed by atoms with E-state index in [0.717, 1.165) is 21.3 Å². The highest BCUT2D eigenvalue weighted by Crippen LogP contribution is 2.52. The third-order valence-corrected chi connectivity index (χ3v) is 5.84. The van der Waals surface area contributed by atoms with Crippen molar-refractivity contribution in [3.63, 3.8) is 0 Å². The fraction of sp³-hybridized carbons (Fsp3) is 0.333. The highest BCUT2D eigenvalue weighted by atomic mass is 79.9. The first-order valence-electron chi connectivity index (χ1n) is 9.52. The van der Waals surface area contributed by atoms with Gasteiger partial charge in [0.2, 0.25) is 5.91 Å². The molecule has 0 aliphatic carbocycles. The van der Waals surface area contributed by atoms with Gasteiger partial charge in [-0.15, -0.1) is 0 Å². The first-order valence-corrected chi connectivity index (χ1v) is 10.3. The van der Waals surface area contributed by atoms with Crippen molar-refractivity contribution in [3.05, 3.63) is 76.3 Å². The normalized spacial score (nSPS) is 19.7. The largest absolute Gasteiger partial charge is 0.457 e. The maximum absolute atomic E-state index is 13.5. The van der Waals surface area contributed by atoms with E-state index in [1.54, 1.807) is 11.9 Å². The number of likely N-dealkylation sites (N-methyl/N-ethyl adjacent to an activating group) is 1. The summed E-state index contributed by atoms with van der Waals surface area (Å²) in [5.41, 5.74) is 1.16. The minimum Gasteiger partial charge on any atom is -0.457 e. The number of hydrogen-bond acceptors (Lipinski definition) is 3. The van der Waals surface area contributed by atoms with Crippen LogP contribution in [-0.4, -0.2) is 24.5 Å². The molecule has 1 aliphatic heterocycles. The first-order chi connectivity index (χ1) is 13.5. The fourth-order valence-corrected chi connectivity index (χ4v) is 4.42. The fourth-order valence-electron chi connectivity index (χ4n) is 4.06. The zero-order valence-electron chi connectivity index (χ0n) is 17.5. The van der Waals surface area contributed by atoms with Gasteiger partial charge in [-0.05, 0) is 57.0 Å². The standard InChI is InChI=1S/C24H26BrNO3/c1-15(21(27)29-23(2,3)4)20(16-10-8-7-9-11-16)24(5)18-14-17(25)12-13-19(18)26(6)22(24)28/h7-14,20H,1H2,2-6H3/t20-,24+/m1/s1. The van der Waals surface area contributed by atoms with Gasteiger partial charge in [0.05, 0.1) is 5.41 Å². The van der Waals surface area contributed by atoms with Gasteiger partial charge >= 0.3 is 5.97 Å². The maximum Gasteiger partial charge on any atom is 0.334 e. The van der Waals surface area contributed by atoms with Crippen molar-refractivity contribution in [2.24, 2.45) is 0 Å². The van der Waals surface area contributed by atoms with Crippen molar-refractivity contribution in [3.8, 4) is 0 Å². The summed E-state index contributed by atoms with van der Waals surface area (Å²) in [6, 6.07) is 15.3. The zero-order chi connectivity index (χ0) is 21.6. The second-order valence-electron chi connectivity index (χ2n) is 8.60. The van der Waals surface area contributed by atoms with Crippen LogP contribution in [-0.2, 0) is 19.7 Å². The van der Waals surface area contributed by atoms with Crippen molar-refractivity contribution < 1.29 is 14.3 Å². The average Bonchev–Trinajstić information content (AvgIpc) is 2.83. The van der Waals surface area contributed by atoms with Gasteiger partial charge in [0.15, 0.2) is 0 Å². The molecule has 1 aliphatic rings. The first kappa shape index (κ1) is 21.3. The molecule has 2 aromatic carbocycles. The number of nitrogens with zero attached hydrogens (tertiary/aromatic N) is 1. The molecule has 0 saturated heterocycles. The Hall–Kier alpha value is -2.40. The van der Waals surface area contributed by atoms with E-state index in [2.05, 4.69) is 22.5 Å². The van der Waals surface area contributed by atoms with E-state index in [1.807, 2.05) is 76.2 Å². The molecule has 1 amide bonds. The van der Waals surface area contributed by atoms with Crippen molar-refractivity contribution in [2.45, 2.75) is 44.6 Å². The number of halogens is 1. The van der Waals surface area contributed by atoms with Crippen molar-refractivity contribution in [1.82, 2.24) is 0 Å². The zero-order valence-corrected chi connectivity index (χ0v) is 19.0. The Morgan fingerprint density at radius 2 is 1.79 bits per heavy atom. The number of ether oxygens (including phenoxy) is 1. The Balaban J connectivity index is 2.20. The summed E-state index contributed by atoms with van der Waals surface area (Å²) in [5, 5.41) is 0. The minimum absolute atomic E-state index is 0.0795. The Morgan fingerprint density at radius 3 is 2.38 bits per heavy atom. The highest BCUT2D eigenvalue weighted by molar-refractivity contribution is 9.10. The molecule has 2 aromatic rings. The summed E-state index contributed by atoms with van der Waals surface area (Å²) >= 11 is 3.52. The predicted octanol–water partition coefficient (Wildman–Crippen LogP) is 5.36. The van der Waals surface area contributed by atoms with E-state index in [4.69, 9.17) is 4.74 Å². The van der Waals surface area contributed by atoms with Gasteiger partial charge < -0.3 is 9.64 Å². The third kappa shape index (κ3) is 3.76. The Labute approximate surface area is 180 Å². The molecule has 1 heterocycles. The molecule has 3 rings (SSSR count). The summed E-state index contributed by atoms with van der Waals surface area (Å²) in [7, 11) is 1.76. The lowest BCUT2D eigenvalue weighted by Crippen LogP contribution is -2.43. The molecular formula is C24H26BrNO3. The van der Waals surface area contributed by atoms with E-state index in [9.17, 15) is 9.59 Å². The van der Waals surface area contributed by atoms with Crippen LogP contribution in [0.2, 0.25) is 0 Å². The molecule has 0 spiro atoms. The molecule has 0 radical (unpaired) electrons. The number of anilines is 1. The molecule has 5 heteroatoms. The summed E-state index contributed by atoms with van der Waals surface area (Å²) in [4.78, 5) is 28.2. The smallest absolute Gasteiger partial charge is 0.334 e. The number of carbonyl (C=O) groups excluding carboxylic acids is 2. The molecule has 152 valence electrons. The lowest BCUT2D eigenvalue weighted by atomic mass is 9.66. The summed E-state index contributed by atoms with van der Waals surface area (Å²) in [5.74, 6) is -1.14. The maximum atomic E-state index is 13.5. The van der Waals surface area contributed by atoms with Crippen molar-refractivity contribution in [1.29, 1.82) is 0 Å². The quantitative estimate of drug-likeness (QED) is 0.460. The minimum atomic E-state index is -0.997. The molecular weight excluding hydrogens is 430 g/mol. The Bertz CT molecular complexity index is 977. The molecule has 0 aromatic heterocycles. The van der Waals surface area contributed by atoms with Gasteiger partial charge in [0.25, 0.3) is 0 Å². The number of benzene rings is 2. The van der Waals surface area contributed by atoms with Crippen molar-refractivity contribution in [2.75, 3.05) is 11.9 Å². The second-order valence-corrected chi connectivity index (χ2v) is 9.51. The number of hydrogen-bond donors (Lipinski definition) is 0. The van der Waals surface area contributed by atoms with Crippen LogP contribution in [0.25, 0.3) is 0 Å². The Morgan fingerprint density at radius 1 is 1.17 bits per heavy atom. The second kappa shape index (κ2) is 7.45. The number of esters is 1. The van der Waals surface area contributed by atoms with Crippen LogP contribution in [0.3, 0.4) is 0 Å². The van der Waals surface area contributed by atoms with Gasteiger partial charge in [0, 0.05) is 28.7 Å². The van der Waals surface area contributed by atoms with Gasteiger partial charge in [0.1, 0.15) is 5.60 Å². The molecule has 4 nitrogen and oxygen atoms in total. The van der Waals surface area contributed by atoms with Crippen molar-refractivity contribution >= 4 is 33.5 Å². The van der Waals surface area contributed by atoms with E-state index >= 15 is 0 Å². The van der Waals surface area contributed by atoms with E-state index in [-0.39, 0.29) is 11.5 Å². The van der Waals surface area contributed by atoms with Gasteiger partial charge in [-0.25, -0.2) is 4.79 Å². The lowest BCUT2D eigenvalue weighted by molar-refractivity contribution is -0.150. The highest BCUT2D eigenvalue weighted by Gasteiger charge is 2.53. The molecule has 29 heavy (non-hydrogen) atoms. The van der Waals surface area contributed by atoms with Crippen LogP contribution < -0.4 is 4.90 Å². The number of rotatable bonds is 4. The topological polar surface area (TPSA) is 46.6 Å². The number of carbonyl (C=O) groups is 2. The van der Waals surface area contributed by atoms with Crippen LogP contribution in [0.4, 0.5) is 5.69 Å². The monoisotopic (exact) mass is 455 g/mol. The van der Waals surface area contributed by atoms with Crippen LogP contribution in [0.15, 0.2) is 65.2 Å². The van der Waals surface area contributed by atoms with Gasteiger partial charge in [-0.2, -0.15) is 0 Å². The van der Waals surface area contributed by atoms with Gasteiger partial charge in [-0.1, -0.05) is 52.8 Å². The number of fused-ring (bicyclic) bond motifs is 1. The summed E-state index contributed by atoms with van der Waals surface area (Å²) < 4.78 is 6.48. The van der Waals surface area contributed by atoms with Crippen LogP contribution in [0.5, 0.6) is 0 Å². The van der Waals surface area contributed by atoms with Crippen LogP contribution in [0.1, 0.15) is 44.7 Å². The van der Waals surface area contributed by atoms with Gasteiger partial charge in [-0.3, -0.25) is 4.79 Å².